The number of pyridine rings is 1. The van der Waals surface area contributed by atoms with Crippen LogP contribution >= 0.6 is 0 Å². The van der Waals surface area contributed by atoms with Crippen LogP contribution in [-0.2, 0) is 0 Å². The summed E-state index contributed by atoms with van der Waals surface area (Å²) in [5.41, 5.74) is -0.272. The van der Waals surface area contributed by atoms with Crippen molar-refractivity contribution in [3.05, 3.63) is 27.9 Å². The zero-order valence-corrected chi connectivity index (χ0v) is 9.16. The first kappa shape index (κ1) is 14.1. The molecular formula is C9H9F4N3O2. The minimum absolute atomic E-state index is 0.00497. The zero-order chi connectivity index (χ0) is 13.9. The maximum absolute atomic E-state index is 12.6. The third-order valence-electron chi connectivity index (χ3n) is 2.08. The third-order valence-corrected chi connectivity index (χ3v) is 2.08. The summed E-state index contributed by atoms with van der Waals surface area (Å²) >= 11 is 0. The molecule has 0 spiro atoms. The van der Waals surface area contributed by atoms with Gasteiger partial charge in [0.05, 0.1) is 11.5 Å². The van der Waals surface area contributed by atoms with E-state index in [1.165, 1.54) is 6.92 Å². The van der Waals surface area contributed by atoms with Gasteiger partial charge in [-0.1, -0.05) is 0 Å². The van der Waals surface area contributed by atoms with Crippen molar-refractivity contribution >= 4 is 11.5 Å². The van der Waals surface area contributed by atoms with Crippen molar-refractivity contribution in [3.8, 4) is 0 Å². The molecule has 0 radical (unpaired) electrons. The summed E-state index contributed by atoms with van der Waals surface area (Å²) in [4.78, 5) is 13.4. The number of aryl methyl sites for hydroxylation is 1. The van der Waals surface area contributed by atoms with E-state index in [4.69, 9.17) is 0 Å². The summed E-state index contributed by atoms with van der Waals surface area (Å²) in [6.07, 6.45) is -3.79. The normalized spacial score (nSPS) is 11.7. The minimum atomic E-state index is -4.18. The van der Waals surface area contributed by atoms with Crippen molar-refractivity contribution in [1.29, 1.82) is 0 Å². The number of hydrogen-bond acceptors (Lipinski definition) is 4. The van der Waals surface area contributed by atoms with E-state index in [9.17, 15) is 27.7 Å². The molecule has 1 aromatic rings. The lowest BCUT2D eigenvalue weighted by Crippen LogP contribution is -2.35. The van der Waals surface area contributed by atoms with Gasteiger partial charge in [0.25, 0.3) is 5.69 Å². The van der Waals surface area contributed by atoms with Crippen LogP contribution in [0.3, 0.4) is 0 Å². The number of nitrogens with one attached hydrogen (secondary N) is 1. The second-order valence-corrected chi connectivity index (χ2v) is 3.47. The van der Waals surface area contributed by atoms with E-state index in [-0.39, 0.29) is 17.2 Å². The van der Waals surface area contributed by atoms with E-state index in [1.807, 2.05) is 5.32 Å². The first-order valence-corrected chi connectivity index (χ1v) is 4.76. The Morgan fingerprint density at radius 1 is 1.50 bits per heavy atom. The van der Waals surface area contributed by atoms with E-state index >= 15 is 0 Å². The Kier molecular flexibility index (Phi) is 4.04. The van der Waals surface area contributed by atoms with E-state index < -0.39 is 23.8 Å². The van der Waals surface area contributed by atoms with E-state index in [0.717, 1.165) is 12.1 Å². The molecule has 0 atom stereocenters. The number of hydrogen-bond donors (Lipinski definition) is 1. The SMILES string of the molecule is Cc1nc(NCC(F)(F)C(F)F)ccc1[N+](=O)[O-]. The molecule has 0 bridgehead atoms. The fourth-order valence-electron chi connectivity index (χ4n) is 1.13. The lowest BCUT2D eigenvalue weighted by atomic mass is 10.3. The molecule has 0 aliphatic rings. The second-order valence-electron chi connectivity index (χ2n) is 3.47. The Labute approximate surface area is 99.0 Å². The number of alkyl halides is 4. The van der Waals surface area contributed by atoms with Crippen LogP contribution in [-0.4, -0.2) is 28.8 Å². The van der Waals surface area contributed by atoms with Crippen LogP contribution in [0.1, 0.15) is 5.69 Å². The predicted octanol–water partition coefficient (Wildman–Crippen LogP) is 2.61. The van der Waals surface area contributed by atoms with Gasteiger partial charge >= 0.3 is 12.3 Å². The summed E-state index contributed by atoms with van der Waals surface area (Å²) in [6.45, 7) is 0.0173. The highest BCUT2D eigenvalue weighted by Crippen LogP contribution is 2.24. The van der Waals surface area contributed by atoms with Crippen LogP contribution in [0.5, 0.6) is 0 Å². The number of nitro groups is 1. The fraction of sp³-hybridized carbons (Fsp3) is 0.444. The molecule has 9 heteroatoms. The lowest BCUT2D eigenvalue weighted by Gasteiger charge is -2.16. The first-order chi connectivity index (χ1) is 8.24. The largest absolute Gasteiger partial charge is 0.364 e. The van der Waals surface area contributed by atoms with Crippen LogP contribution in [0.15, 0.2) is 12.1 Å². The molecule has 0 amide bonds. The molecule has 5 nitrogen and oxygen atoms in total. The summed E-state index contributed by atoms with van der Waals surface area (Å²) in [7, 11) is 0. The van der Waals surface area contributed by atoms with Gasteiger partial charge in [0.1, 0.15) is 11.5 Å². The highest BCUT2D eigenvalue weighted by atomic mass is 19.3. The highest BCUT2D eigenvalue weighted by molar-refractivity contribution is 5.44. The number of rotatable bonds is 5. The molecule has 1 rings (SSSR count). The summed E-state index contributed by atoms with van der Waals surface area (Å²) in [5, 5.41) is 12.5. The number of nitrogens with zero attached hydrogens (tertiary/aromatic N) is 2. The lowest BCUT2D eigenvalue weighted by molar-refractivity contribution is -0.385. The first-order valence-electron chi connectivity index (χ1n) is 4.76. The number of halogens is 4. The van der Waals surface area contributed by atoms with Crippen LogP contribution in [0.4, 0.5) is 29.1 Å². The van der Waals surface area contributed by atoms with Gasteiger partial charge in [-0.15, -0.1) is 0 Å². The Morgan fingerprint density at radius 2 is 2.11 bits per heavy atom. The van der Waals surface area contributed by atoms with Crippen LogP contribution in [0.25, 0.3) is 0 Å². The molecule has 1 heterocycles. The predicted molar refractivity (Wildman–Crippen MR) is 55.1 cm³/mol. The Morgan fingerprint density at radius 3 is 2.56 bits per heavy atom. The fourth-order valence-corrected chi connectivity index (χ4v) is 1.13. The molecule has 0 aromatic carbocycles. The van der Waals surface area contributed by atoms with Crippen molar-refractivity contribution in [3.63, 3.8) is 0 Å². The summed E-state index contributed by atoms with van der Waals surface area (Å²) < 4.78 is 48.9. The van der Waals surface area contributed by atoms with Gasteiger partial charge in [0.15, 0.2) is 0 Å². The van der Waals surface area contributed by atoms with Crippen molar-refractivity contribution in [2.75, 3.05) is 11.9 Å². The molecule has 0 fully saturated rings. The van der Waals surface area contributed by atoms with Gasteiger partial charge in [-0.2, -0.15) is 8.78 Å². The quantitative estimate of drug-likeness (QED) is 0.506. The van der Waals surface area contributed by atoms with Crippen molar-refractivity contribution in [2.45, 2.75) is 19.3 Å². The molecular weight excluding hydrogens is 258 g/mol. The van der Waals surface area contributed by atoms with E-state index in [0.29, 0.717) is 0 Å². The Hall–Kier alpha value is -1.93. The smallest absolute Gasteiger partial charge is 0.324 e. The molecule has 0 saturated heterocycles. The molecule has 100 valence electrons. The highest BCUT2D eigenvalue weighted by Gasteiger charge is 2.40. The van der Waals surface area contributed by atoms with Gasteiger partial charge in [-0.25, -0.2) is 13.8 Å². The van der Waals surface area contributed by atoms with Crippen LogP contribution in [0.2, 0.25) is 0 Å². The molecule has 0 unspecified atom stereocenters. The van der Waals surface area contributed by atoms with Gasteiger partial charge in [0.2, 0.25) is 0 Å². The van der Waals surface area contributed by atoms with Gasteiger partial charge < -0.3 is 5.32 Å². The maximum Gasteiger partial charge on any atom is 0.324 e. The zero-order valence-electron chi connectivity index (χ0n) is 9.16. The molecule has 1 aromatic heterocycles. The van der Waals surface area contributed by atoms with E-state index in [2.05, 4.69) is 4.98 Å². The monoisotopic (exact) mass is 267 g/mol. The van der Waals surface area contributed by atoms with Crippen LogP contribution in [0, 0.1) is 17.0 Å². The topological polar surface area (TPSA) is 68.1 Å². The number of anilines is 1. The van der Waals surface area contributed by atoms with Crippen molar-refractivity contribution in [2.24, 2.45) is 0 Å². The van der Waals surface area contributed by atoms with Gasteiger partial charge in [0, 0.05) is 6.07 Å². The number of aromatic nitrogens is 1. The average molecular weight is 267 g/mol. The second kappa shape index (κ2) is 5.15. The molecule has 18 heavy (non-hydrogen) atoms. The maximum atomic E-state index is 12.6. The summed E-state index contributed by atoms with van der Waals surface area (Å²) in [6, 6.07) is 2.14. The van der Waals surface area contributed by atoms with Gasteiger partial charge in [-0.3, -0.25) is 10.1 Å². The third kappa shape index (κ3) is 3.28. The van der Waals surface area contributed by atoms with Crippen molar-refractivity contribution < 1.29 is 22.5 Å². The molecule has 0 aliphatic carbocycles. The molecule has 0 saturated carbocycles. The molecule has 1 N–H and O–H groups in total. The standard InChI is InChI=1S/C9H9F4N3O2/c1-5-6(16(17)18)2-3-7(15-5)14-4-9(12,13)8(10)11/h2-3,8H,4H2,1H3,(H,14,15). The van der Waals surface area contributed by atoms with Crippen molar-refractivity contribution in [1.82, 2.24) is 4.98 Å². The van der Waals surface area contributed by atoms with Gasteiger partial charge in [-0.05, 0) is 13.0 Å². The Balaban J connectivity index is 2.76. The van der Waals surface area contributed by atoms with Crippen LogP contribution < -0.4 is 5.32 Å². The summed E-state index contributed by atoms with van der Waals surface area (Å²) in [5.74, 6) is -4.31. The van der Waals surface area contributed by atoms with E-state index in [1.54, 1.807) is 0 Å². The Bertz CT molecular complexity index is 453. The molecule has 0 aliphatic heterocycles. The average Bonchev–Trinajstić information content (AvgIpc) is 2.25. The minimum Gasteiger partial charge on any atom is -0.364 e.